The number of benzene rings is 1. The van der Waals surface area contributed by atoms with Gasteiger partial charge in [-0.2, -0.15) is 12.0 Å². The fraction of sp³-hybridized carbons (Fsp3) is 0.545. The van der Waals surface area contributed by atoms with E-state index in [1.165, 1.54) is 12.7 Å². The molecule has 0 bridgehead atoms. The van der Waals surface area contributed by atoms with Crippen molar-refractivity contribution < 1.29 is 26.9 Å². The second-order valence-electron chi connectivity index (χ2n) is 5.86. The SMILES string of the molecule is CC[C-]=Cc1ccccc1.[CH2-]CC(CC)C(CC)(CC)C(=O)OC.[Cr+2]. The summed E-state index contributed by atoms with van der Waals surface area (Å²) in [5.41, 5.74) is 0.912. The molecule has 0 saturated carbocycles. The van der Waals surface area contributed by atoms with Crippen molar-refractivity contribution in [1.82, 2.24) is 0 Å². The van der Waals surface area contributed by atoms with Gasteiger partial charge in [0.25, 0.3) is 0 Å². The summed E-state index contributed by atoms with van der Waals surface area (Å²) in [4.78, 5) is 11.8. The van der Waals surface area contributed by atoms with E-state index in [2.05, 4.69) is 52.8 Å². The molecule has 0 aliphatic heterocycles. The summed E-state index contributed by atoms with van der Waals surface area (Å²) in [6, 6.07) is 10.2. The van der Waals surface area contributed by atoms with E-state index in [1.807, 2.05) is 24.3 Å². The number of allylic oxidation sites excluding steroid dienone is 1. The van der Waals surface area contributed by atoms with Gasteiger partial charge in [-0.25, -0.2) is 6.08 Å². The van der Waals surface area contributed by atoms with Crippen LogP contribution in [0.25, 0.3) is 6.08 Å². The Kier molecular flexibility index (Phi) is 16.0. The summed E-state index contributed by atoms with van der Waals surface area (Å²) in [5.74, 6) is 0.267. The average Bonchev–Trinajstić information content (AvgIpc) is 2.65. The van der Waals surface area contributed by atoms with Crippen LogP contribution in [0.15, 0.2) is 30.3 Å². The van der Waals surface area contributed by atoms with Crippen LogP contribution in [0.2, 0.25) is 0 Å². The molecule has 1 aromatic carbocycles. The molecule has 3 heteroatoms. The second kappa shape index (κ2) is 15.2. The molecule has 1 atom stereocenters. The molecule has 0 aromatic heterocycles. The Balaban J connectivity index is 0. The van der Waals surface area contributed by atoms with Gasteiger partial charge in [0.1, 0.15) is 0 Å². The van der Waals surface area contributed by atoms with Gasteiger partial charge in [-0.05, 0) is 12.8 Å². The first-order chi connectivity index (χ1) is 11.6. The van der Waals surface area contributed by atoms with Crippen molar-refractivity contribution in [2.75, 3.05) is 7.11 Å². The molecule has 25 heavy (non-hydrogen) atoms. The zero-order valence-corrected chi connectivity index (χ0v) is 17.8. The minimum absolute atomic E-state index is 0. The Morgan fingerprint density at radius 1 is 1.20 bits per heavy atom. The van der Waals surface area contributed by atoms with Gasteiger partial charge in [0.2, 0.25) is 0 Å². The molecular formula is C22H34CrO2. The zero-order chi connectivity index (χ0) is 18.4. The van der Waals surface area contributed by atoms with Crippen LogP contribution in [0.5, 0.6) is 0 Å². The average molecular weight is 383 g/mol. The van der Waals surface area contributed by atoms with Crippen molar-refractivity contribution in [3.05, 3.63) is 48.9 Å². The van der Waals surface area contributed by atoms with Crippen LogP contribution in [0, 0.1) is 24.3 Å². The van der Waals surface area contributed by atoms with Crippen LogP contribution in [0.1, 0.15) is 65.4 Å². The van der Waals surface area contributed by atoms with Crippen LogP contribution in [-0.2, 0) is 26.9 Å². The molecule has 0 radical (unpaired) electrons. The molecule has 0 saturated heterocycles. The third-order valence-corrected chi connectivity index (χ3v) is 4.75. The van der Waals surface area contributed by atoms with Crippen molar-refractivity contribution in [1.29, 1.82) is 0 Å². The van der Waals surface area contributed by atoms with Crippen molar-refractivity contribution in [3.8, 4) is 0 Å². The molecule has 0 aliphatic carbocycles. The fourth-order valence-corrected chi connectivity index (χ4v) is 3.13. The maximum absolute atomic E-state index is 11.8. The predicted molar refractivity (Wildman–Crippen MR) is 103 cm³/mol. The van der Waals surface area contributed by atoms with Crippen molar-refractivity contribution in [3.63, 3.8) is 0 Å². The zero-order valence-electron chi connectivity index (χ0n) is 16.5. The maximum Gasteiger partial charge on any atom is 2.00 e. The fourth-order valence-electron chi connectivity index (χ4n) is 3.13. The Morgan fingerprint density at radius 2 is 1.76 bits per heavy atom. The summed E-state index contributed by atoms with van der Waals surface area (Å²) in [6.07, 6.45) is 9.59. The molecule has 1 unspecified atom stereocenters. The first-order valence-electron chi connectivity index (χ1n) is 9.05. The number of carbonyl (C=O) groups is 1. The number of ether oxygens (including phenoxy) is 1. The van der Waals surface area contributed by atoms with Crippen molar-refractivity contribution in [2.45, 2.75) is 59.8 Å². The second-order valence-corrected chi connectivity index (χ2v) is 5.86. The quantitative estimate of drug-likeness (QED) is 0.399. The molecule has 0 N–H and O–H groups in total. The van der Waals surface area contributed by atoms with E-state index in [0.717, 1.165) is 32.1 Å². The first kappa shape index (κ1) is 26.2. The summed E-state index contributed by atoms with van der Waals surface area (Å²) >= 11 is 0. The van der Waals surface area contributed by atoms with Gasteiger partial charge in [0.05, 0.1) is 12.5 Å². The van der Waals surface area contributed by atoms with Gasteiger partial charge in [-0.1, -0.05) is 58.2 Å². The first-order valence-corrected chi connectivity index (χ1v) is 9.05. The van der Waals surface area contributed by atoms with Gasteiger partial charge in [-0.15, -0.1) is 18.6 Å². The minimum Gasteiger partial charge on any atom is -0.469 e. The molecule has 1 aromatic rings. The van der Waals surface area contributed by atoms with Crippen LogP contribution >= 0.6 is 0 Å². The van der Waals surface area contributed by atoms with Crippen LogP contribution in [-0.4, -0.2) is 13.1 Å². The molecule has 0 heterocycles. The topological polar surface area (TPSA) is 26.3 Å². The number of methoxy groups -OCH3 is 1. The summed E-state index contributed by atoms with van der Waals surface area (Å²) in [5, 5.41) is 0. The van der Waals surface area contributed by atoms with Gasteiger partial charge < -0.3 is 11.7 Å². The number of hydrogen-bond donors (Lipinski definition) is 0. The normalized spacial score (nSPS) is 11.9. The molecule has 1 rings (SSSR count). The number of rotatable bonds is 8. The van der Waals surface area contributed by atoms with Crippen molar-refractivity contribution in [2.24, 2.45) is 11.3 Å². The Bertz CT molecular complexity index is 460. The monoisotopic (exact) mass is 382 g/mol. The molecule has 0 spiro atoms. The van der Waals surface area contributed by atoms with Crippen LogP contribution < -0.4 is 0 Å². The summed E-state index contributed by atoms with van der Waals surface area (Å²) in [6.45, 7) is 12.2. The largest absolute Gasteiger partial charge is 2.00 e. The Hall–Kier alpha value is -1.04. The van der Waals surface area contributed by atoms with E-state index in [9.17, 15) is 4.79 Å². The minimum atomic E-state index is -0.314. The van der Waals surface area contributed by atoms with E-state index < -0.39 is 0 Å². The third kappa shape index (κ3) is 8.25. The number of esters is 1. The summed E-state index contributed by atoms with van der Waals surface area (Å²) < 4.78 is 4.92. The Labute approximate surface area is 166 Å². The predicted octanol–water partition coefficient (Wildman–Crippen LogP) is 6.13. The third-order valence-electron chi connectivity index (χ3n) is 4.75. The maximum atomic E-state index is 11.8. The van der Waals surface area contributed by atoms with E-state index in [-0.39, 0.29) is 28.7 Å². The molecule has 0 aliphatic rings. The van der Waals surface area contributed by atoms with Gasteiger partial charge in [-0.3, -0.25) is 10.9 Å². The van der Waals surface area contributed by atoms with E-state index >= 15 is 0 Å². The van der Waals surface area contributed by atoms with Crippen molar-refractivity contribution >= 4 is 12.0 Å². The molecule has 140 valence electrons. The van der Waals surface area contributed by atoms with Gasteiger partial charge >= 0.3 is 23.3 Å². The van der Waals surface area contributed by atoms with Crippen LogP contribution in [0.3, 0.4) is 0 Å². The van der Waals surface area contributed by atoms with Gasteiger partial charge in [0, 0.05) is 0 Å². The number of hydrogen-bond acceptors (Lipinski definition) is 2. The molecular weight excluding hydrogens is 348 g/mol. The Morgan fingerprint density at radius 3 is 2.12 bits per heavy atom. The standard InChI is InChI=1S/C12H23O2.C10H11.Cr/c1-6-10(7-2)12(8-3,9-4)11(13)14-5;1-2-3-7-10-8-5-4-6-9-10;/h10H,1,6-9H2,2-5H3;4-9H,2H2,1H3;/q2*-1;+2. The van der Waals surface area contributed by atoms with Crippen LogP contribution in [0.4, 0.5) is 0 Å². The molecule has 0 amide bonds. The molecule has 0 fully saturated rings. The molecule has 2 nitrogen and oxygen atoms in total. The van der Waals surface area contributed by atoms with E-state index in [0.29, 0.717) is 5.92 Å². The number of carbonyl (C=O) groups excluding carboxylic acids is 1. The van der Waals surface area contributed by atoms with E-state index in [1.54, 1.807) is 0 Å². The van der Waals surface area contributed by atoms with Gasteiger partial charge in [0.15, 0.2) is 0 Å². The smallest absolute Gasteiger partial charge is 0.469 e. The van der Waals surface area contributed by atoms with E-state index in [4.69, 9.17) is 4.74 Å². The summed E-state index contributed by atoms with van der Waals surface area (Å²) in [7, 11) is 1.47.